The third kappa shape index (κ3) is 4.05. The lowest BCUT2D eigenvalue weighted by atomic mass is 9.85. The average Bonchev–Trinajstić information content (AvgIpc) is 2.67. The minimum atomic E-state index is -4.83. The first-order valence-corrected chi connectivity index (χ1v) is 9.52. The van der Waals surface area contributed by atoms with Gasteiger partial charge >= 0.3 is 6.18 Å². The van der Waals surface area contributed by atoms with Crippen LogP contribution in [0, 0.1) is 30.0 Å². The van der Waals surface area contributed by atoms with E-state index in [9.17, 15) is 32.4 Å². The lowest BCUT2D eigenvalue weighted by Crippen LogP contribution is -2.67. The second-order valence-electron chi connectivity index (χ2n) is 7.22. The van der Waals surface area contributed by atoms with Crippen molar-refractivity contribution in [2.24, 2.45) is 11.7 Å². The third-order valence-corrected chi connectivity index (χ3v) is 5.46. The topological polar surface area (TPSA) is 103 Å². The van der Waals surface area contributed by atoms with Crippen molar-refractivity contribution in [1.82, 2.24) is 4.98 Å². The van der Waals surface area contributed by atoms with Crippen LogP contribution in [0.25, 0.3) is 0 Å². The van der Waals surface area contributed by atoms with Gasteiger partial charge in [-0.15, -0.1) is 0 Å². The molecule has 0 unspecified atom stereocenters. The number of nitriles is 1. The van der Waals surface area contributed by atoms with E-state index in [4.69, 9.17) is 17.3 Å². The number of hydrogen-bond donors (Lipinski definition) is 1. The van der Waals surface area contributed by atoms with Gasteiger partial charge in [-0.05, 0) is 31.2 Å². The molecule has 1 fully saturated rings. The molecular formula is C20H16ClF4N5O2. The number of nitrogens with two attached hydrogens (primary N) is 1. The number of primary amides is 1. The molecule has 168 valence electrons. The summed E-state index contributed by atoms with van der Waals surface area (Å²) in [7, 11) is 1.33. The predicted molar refractivity (Wildman–Crippen MR) is 107 cm³/mol. The number of amides is 2. The number of rotatable bonds is 4. The highest BCUT2D eigenvalue weighted by molar-refractivity contribution is 6.31. The summed E-state index contributed by atoms with van der Waals surface area (Å²) in [5.74, 6) is -3.68. The normalized spacial score (nSPS) is 18.0. The molecule has 2 heterocycles. The maximum absolute atomic E-state index is 13.5. The first kappa shape index (κ1) is 23.3. The molecule has 1 saturated heterocycles. The number of hydrogen-bond acceptors (Lipinski definition) is 5. The van der Waals surface area contributed by atoms with E-state index in [0.717, 1.165) is 21.9 Å². The van der Waals surface area contributed by atoms with Gasteiger partial charge in [-0.3, -0.25) is 9.59 Å². The quantitative estimate of drug-likeness (QED) is 0.693. The average molecular weight is 470 g/mol. The summed E-state index contributed by atoms with van der Waals surface area (Å²) < 4.78 is 53.9. The molecule has 2 aromatic rings. The van der Waals surface area contributed by atoms with Crippen LogP contribution in [0.2, 0.25) is 5.02 Å². The molecule has 1 aromatic heterocycles. The van der Waals surface area contributed by atoms with Gasteiger partial charge in [-0.2, -0.15) is 18.4 Å². The highest BCUT2D eigenvalue weighted by Crippen LogP contribution is 2.40. The lowest BCUT2D eigenvalue weighted by Gasteiger charge is -2.47. The molecule has 0 saturated carbocycles. The van der Waals surface area contributed by atoms with Gasteiger partial charge < -0.3 is 15.5 Å². The van der Waals surface area contributed by atoms with Crippen molar-refractivity contribution in [2.45, 2.75) is 19.1 Å². The summed E-state index contributed by atoms with van der Waals surface area (Å²) in [5, 5.41) is 9.16. The largest absolute Gasteiger partial charge is 0.417 e. The van der Waals surface area contributed by atoms with Gasteiger partial charge in [0.05, 0.1) is 16.5 Å². The minimum absolute atomic E-state index is 0.0290. The van der Waals surface area contributed by atoms with E-state index in [2.05, 4.69) is 4.98 Å². The van der Waals surface area contributed by atoms with Gasteiger partial charge in [0.25, 0.3) is 0 Å². The first-order chi connectivity index (χ1) is 14.9. The molecule has 2 amide bonds. The highest BCUT2D eigenvalue weighted by atomic mass is 35.5. The van der Waals surface area contributed by atoms with Gasteiger partial charge in [0.15, 0.2) is 0 Å². The Labute approximate surface area is 185 Å². The van der Waals surface area contributed by atoms with E-state index in [1.807, 2.05) is 0 Å². The van der Waals surface area contributed by atoms with Crippen LogP contribution in [0.15, 0.2) is 24.3 Å². The third-order valence-electron chi connectivity index (χ3n) is 5.17. The fraction of sp³-hybridized carbons (Fsp3) is 0.300. The number of carbonyl (C=O) groups excluding carboxylic acids is 2. The number of alkyl halides is 3. The Hall–Kier alpha value is -3.39. The van der Waals surface area contributed by atoms with Crippen molar-refractivity contribution >= 4 is 34.9 Å². The molecule has 3 rings (SSSR count). The molecule has 1 aliphatic heterocycles. The standard InChI is InChI=1S/C20H16ClF4N5O2/c1-9-5-13(20(23,24)25)11(7-26)18(28-9)30-8-12(17(27)31)16(30)19(32)29(2)10-3-4-15(22)14(21)6-10/h3-6,12,16H,8H2,1-2H3,(H2,27,31)/t12-,16+/m1/s1. The summed E-state index contributed by atoms with van der Waals surface area (Å²) in [6.07, 6.45) is -4.83. The number of likely N-dealkylation sites (N-methyl/N-ethyl adjacent to an activating group) is 1. The molecule has 0 spiro atoms. The molecular weight excluding hydrogens is 454 g/mol. The van der Waals surface area contributed by atoms with Crippen molar-refractivity contribution in [1.29, 1.82) is 5.26 Å². The van der Waals surface area contributed by atoms with E-state index >= 15 is 0 Å². The van der Waals surface area contributed by atoms with Gasteiger partial charge in [0.2, 0.25) is 11.8 Å². The van der Waals surface area contributed by atoms with Gasteiger partial charge in [-0.1, -0.05) is 11.6 Å². The van der Waals surface area contributed by atoms with Crippen molar-refractivity contribution in [2.75, 3.05) is 23.4 Å². The van der Waals surface area contributed by atoms with Gasteiger partial charge in [0, 0.05) is 25.0 Å². The van der Waals surface area contributed by atoms with E-state index in [-0.39, 0.29) is 28.8 Å². The van der Waals surface area contributed by atoms with E-state index in [0.29, 0.717) is 0 Å². The van der Waals surface area contributed by atoms with E-state index < -0.39 is 46.9 Å². The number of carbonyl (C=O) groups is 2. The molecule has 0 bridgehead atoms. The van der Waals surface area contributed by atoms with Crippen LogP contribution in [-0.4, -0.2) is 36.4 Å². The summed E-state index contributed by atoms with van der Waals surface area (Å²) in [6, 6.07) is 4.41. The summed E-state index contributed by atoms with van der Waals surface area (Å²) in [5.41, 5.74) is 3.57. The molecule has 32 heavy (non-hydrogen) atoms. The van der Waals surface area contributed by atoms with Gasteiger partial charge in [-0.25, -0.2) is 9.37 Å². The van der Waals surface area contributed by atoms with Crippen molar-refractivity contribution in [3.63, 3.8) is 0 Å². The molecule has 1 aliphatic rings. The van der Waals surface area contributed by atoms with Crippen molar-refractivity contribution in [3.05, 3.63) is 51.9 Å². The number of pyridine rings is 1. The Morgan fingerprint density at radius 1 is 1.34 bits per heavy atom. The smallest absolute Gasteiger partial charge is 0.369 e. The Morgan fingerprint density at radius 3 is 2.53 bits per heavy atom. The first-order valence-electron chi connectivity index (χ1n) is 9.14. The monoisotopic (exact) mass is 469 g/mol. The minimum Gasteiger partial charge on any atom is -0.369 e. The lowest BCUT2D eigenvalue weighted by molar-refractivity contribution is -0.138. The SMILES string of the molecule is Cc1cc(C(F)(F)F)c(C#N)c(N2C[C@@H](C(N)=O)[C@H]2C(=O)N(C)c2ccc(F)c(Cl)c2)n1. The van der Waals surface area contributed by atoms with E-state index in [1.165, 1.54) is 32.2 Å². The van der Waals surface area contributed by atoms with Crippen LogP contribution >= 0.6 is 11.6 Å². The molecule has 2 N–H and O–H groups in total. The van der Waals surface area contributed by atoms with Crippen LogP contribution < -0.4 is 15.5 Å². The Kier molecular flexibility index (Phi) is 6.02. The number of benzene rings is 1. The number of nitrogens with zero attached hydrogens (tertiary/aromatic N) is 4. The number of halogens is 5. The zero-order valence-corrected chi connectivity index (χ0v) is 17.5. The van der Waals surface area contributed by atoms with E-state index in [1.54, 1.807) is 0 Å². The number of anilines is 2. The molecule has 0 aliphatic carbocycles. The fourth-order valence-corrected chi connectivity index (χ4v) is 3.67. The maximum Gasteiger partial charge on any atom is 0.417 e. The molecule has 0 radical (unpaired) electrons. The van der Waals surface area contributed by atoms with Crippen LogP contribution in [0.3, 0.4) is 0 Å². The zero-order valence-electron chi connectivity index (χ0n) is 16.7. The second-order valence-corrected chi connectivity index (χ2v) is 7.63. The van der Waals surface area contributed by atoms with Gasteiger partial charge in [0.1, 0.15) is 29.3 Å². The molecule has 2 atom stereocenters. The van der Waals surface area contributed by atoms with Crippen LogP contribution in [0.1, 0.15) is 16.8 Å². The Morgan fingerprint density at radius 2 is 2.00 bits per heavy atom. The number of aryl methyl sites for hydroxylation is 1. The Bertz CT molecular complexity index is 1150. The maximum atomic E-state index is 13.5. The van der Waals surface area contributed by atoms with Crippen LogP contribution in [0.4, 0.5) is 29.1 Å². The molecule has 1 aromatic carbocycles. The van der Waals surface area contributed by atoms with Crippen molar-refractivity contribution in [3.8, 4) is 6.07 Å². The predicted octanol–water partition coefficient (Wildman–Crippen LogP) is 3.03. The van der Waals surface area contributed by atoms with Crippen LogP contribution in [-0.2, 0) is 15.8 Å². The van der Waals surface area contributed by atoms with Crippen LogP contribution in [0.5, 0.6) is 0 Å². The Balaban J connectivity index is 2.06. The fourth-order valence-electron chi connectivity index (χ4n) is 3.49. The van der Waals surface area contributed by atoms with Crippen molar-refractivity contribution < 1.29 is 27.2 Å². The summed E-state index contributed by atoms with van der Waals surface area (Å²) >= 11 is 5.76. The summed E-state index contributed by atoms with van der Waals surface area (Å²) in [6.45, 7) is 1.11. The molecule has 7 nitrogen and oxygen atoms in total. The number of aromatic nitrogens is 1. The molecule has 12 heteroatoms. The summed E-state index contributed by atoms with van der Waals surface area (Å²) in [4.78, 5) is 31.3. The highest BCUT2D eigenvalue weighted by Gasteiger charge is 2.50. The second kappa shape index (κ2) is 8.27. The zero-order chi connectivity index (χ0) is 24.0.